The maximum absolute atomic E-state index is 11.2. The second-order valence-corrected chi connectivity index (χ2v) is 3.68. The number of furan rings is 1. The van der Waals surface area contributed by atoms with Gasteiger partial charge in [0.1, 0.15) is 11.5 Å². The van der Waals surface area contributed by atoms with Crippen molar-refractivity contribution in [3.63, 3.8) is 0 Å². The lowest BCUT2D eigenvalue weighted by atomic mass is 10.1. The maximum atomic E-state index is 11.2. The molecule has 3 nitrogen and oxygen atoms in total. The van der Waals surface area contributed by atoms with Crippen LogP contribution in [-0.2, 0) is 4.79 Å². The average Bonchev–Trinajstić information content (AvgIpc) is 2.73. The van der Waals surface area contributed by atoms with Crippen molar-refractivity contribution in [2.45, 2.75) is 6.92 Å². The van der Waals surface area contributed by atoms with Gasteiger partial charge in [0.05, 0.1) is 5.57 Å². The van der Waals surface area contributed by atoms with E-state index in [0.29, 0.717) is 11.3 Å². The summed E-state index contributed by atoms with van der Waals surface area (Å²) < 4.78 is 5.35. The number of aliphatic carboxylic acids is 1. The molecular formula is C14H12O3. The molecule has 3 heteroatoms. The standard InChI is InChI=1S/C14H12O3/c1-10-7-8-12(17-10)9-13(14(15)16)11-5-3-2-4-6-11/h2-9H,1H3,(H,15,16). The molecule has 0 aliphatic heterocycles. The van der Waals surface area contributed by atoms with Gasteiger partial charge >= 0.3 is 5.97 Å². The highest BCUT2D eigenvalue weighted by Gasteiger charge is 2.10. The van der Waals surface area contributed by atoms with Crippen molar-refractivity contribution in [3.8, 4) is 0 Å². The molecular weight excluding hydrogens is 216 g/mol. The van der Waals surface area contributed by atoms with Gasteiger partial charge in [-0.2, -0.15) is 0 Å². The molecule has 0 spiro atoms. The summed E-state index contributed by atoms with van der Waals surface area (Å²) in [7, 11) is 0. The van der Waals surface area contributed by atoms with Crippen LogP contribution >= 0.6 is 0 Å². The lowest BCUT2D eigenvalue weighted by molar-refractivity contribution is -0.130. The Morgan fingerprint density at radius 1 is 1.18 bits per heavy atom. The lowest BCUT2D eigenvalue weighted by Gasteiger charge is -2.01. The number of carbonyl (C=O) groups is 1. The van der Waals surface area contributed by atoms with E-state index in [0.717, 1.165) is 5.76 Å². The topological polar surface area (TPSA) is 50.4 Å². The van der Waals surface area contributed by atoms with Crippen LogP contribution in [-0.4, -0.2) is 11.1 Å². The van der Waals surface area contributed by atoms with E-state index in [1.807, 2.05) is 13.0 Å². The zero-order valence-corrected chi connectivity index (χ0v) is 9.38. The SMILES string of the molecule is Cc1ccc(C=C(C(=O)O)c2ccccc2)o1. The van der Waals surface area contributed by atoms with Crippen molar-refractivity contribution < 1.29 is 14.3 Å². The van der Waals surface area contributed by atoms with Crippen molar-refractivity contribution in [1.82, 2.24) is 0 Å². The van der Waals surface area contributed by atoms with E-state index in [1.54, 1.807) is 36.4 Å². The van der Waals surface area contributed by atoms with E-state index in [1.165, 1.54) is 6.08 Å². The Balaban J connectivity index is 2.43. The van der Waals surface area contributed by atoms with Gasteiger partial charge in [-0.15, -0.1) is 0 Å². The summed E-state index contributed by atoms with van der Waals surface area (Å²) in [5.74, 6) is 0.336. The van der Waals surface area contributed by atoms with Crippen LogP contribution in [0.5, 0.6) is 0 Å². The number of carboxylic acids is 1. The monoisotopic (exact) mass is 228 g/mol. The molecule has 86 valence electrons. The van der Waals surface area contributed by atoms with E-state index < -0.39 is 5.97 Å². The molecule has 17 heavy (non-hydrogen) atoms. The molecule has 0 saturated carbocycles. The first-order valence-corrected chi connectivity index (χ1v) is 5.23. The molecule has 1 aromatic heterocycles. The van der Waals surface area contributed by atoms with Gasteiger partial charge in [-0.05, 0) is 30.7 Å². The quantitative estimate of drug-likeness (QED) is 0.820. The summed E-state index contributed by atoms with van der Waals surface area (Å²) in [6.07, 6.45) is 1.53. The summed E-state index contributed by atoms with van der Waals surface area (Å²) in [6.45, 7) is 1.82. The third-order valence-corrected chi connectivity index (χ3v) is 2.36. The molecule has 0 bridgehead atoms. The molecule has 0 aliphatic carbocycles. The fourth-order valence-electron chi connectivity index (χ4n) is 1.56. The molecule has 1 heterocycles. The van der Waals surface area contributed by atoms with Crippen molar-refractivity contribution in [2.24, 2.45) is 0 Å². The normalized spacial score (nSPS) is 11.5. The largest absolute Gasteiger partial charge is 0.478 e. The summed E-state index contributed by atoms with van der Waals surface area (Å²) in [5.41, 5.74) is 0.883. The fraction of sp³-hybridized carbons (Fsp3) is 0.0714. The van der Waals surface area contributed by atoms with Crippen molar-refractivity contribution in [3.05, 3.63) is 59.5 Å². The van der Waals surface area contributed by atoms with Crippen LogP contribution in [0.1, 0.15) is 17.1 Å². The van der Waals surface area contributed by atoms with Gasteiger partial charge in [-0.3, -0.25) is 0 Å². The second kappa shape index (κ2) is 4.70. The highest BCUT2D eigenvalue weighted by molar-refractivity contribution is 6.20. The minimum atomic E-state index is -0.967. The van der Waals surface area contributed by atoms with Gasteiger partial charge in [0, 0.05) is 0 Å². The van der Waals surface area contributed by atoms with Crippen molar-refractivity contribution >= 4 is 17.6 Å². The maximum Gasteiger partial charge on any atom is 0.336 e. The highest BCUT2D eigenvalue weighted by atomic mass is 16.4. The lowest BCUT2D eigenvalue weighted by Crippen LogP contribution is -1.99. The Hall–Kier alpha value is -2.29. The van der Waals surface area contributed by atoms with Crippen LogP contribution < -0.4 is 0 Å². The van der Waals surface area contributed by atoms with Gasteiger partial charge in [0.2, 0.25) is 0 Å². The summed E-state index contributed by atoms with van der Waals surface area (Å²) in [6, 6.07) is 12.5. The first-order valence-electron chi connectivity index (χ1n) is 5.23. The Kier molecular flexibility index (Phi) is 3.10. The molecule has 0 saturated heterocycles. The predicted molar refractivity (Wildman–Crippen MR) is 65.4 cm³/mol. The smallest absolute Gasteiger partial charge is 0.336 e. The van der Waals surface area contributed by atoms with Crippen LogP contribution in [0.2, 0.25) is 0 Å². The molecule has 0 aliphatic rings. The minimum absolute atomic E-state index is 0.222. The molecule has 0 atom stereocenters. The van der Waals surface area contributed by atoms with Crippen LogP contribution in [0.25, 0.3) is 11.6 Å². The predicted octanol–water partition coefficient (Wildman–Crippen LogP) is 3.21. The first-order chi connectivity index (χ1) is 8.16. The van der Waals surface area contributed by atoms with E-state index in [2.05, 4.69) is 0 Å². The Morgan fingerprint density at radius 2 is 1.88 bits per heavy atom. The van der Waals surface area contributed by atoms with Gasteiger partial charge in [-0.25, -0.2) is 4.79 Å². The zero-order valence-electron chi connectivity index (χ0n) is 9.38. The number of hydrogen-bond donors (Lipinski definition) is 1. The number of carboxylic acid groups (broad SMARTS) is 1. The Labute approximate surface area is 99.0 Å². The van der Waals surface area contributed by atoms with E-state index in [9.17, 15) is 9.90 Å². The van der Waals surface area contributed by atoms with Gasteiger partial charge < -0.3 is 9.52 Å². The number of benzene rings is 1. The molecule has 2 rings (SSSR count). The number of aryl methyl sites for hydroxylation is 1. The number of rotatable bonds is 3. The first kappa shape index (κ1) is 11.2. The van der Waals surface area contributed by atoms with Gasteiger partial charge in [0.25, 0.3) is 0 Å². The molecule has 1 N–H and O–H groups in total. The van der Waals surface area contributed by atoms with E-state index in [-0.39, 0.29) is 5.57 Å². The van der Waals surface area contributed by atoms with Gasteiger partial charge in [-0.1, -0.05) is 30.3 Å². The molecule has 0 radical (unpaired) electrons. The second-order valence-electron chi connectivity index (χ2n) is 3.68. The van der Waals surface area contributed by atoms with Crippen molar-refractivity contribution in [1.29, 1.82) is 0 Å². The van der Waals surface area contributed by atoms with E-state index >= 15 is 0 Å². The van der Waals surface area contributed by atoms with Crippen LogP contribution in [0.4, 0.5) is 0 Å². The zero-order chi connectivity index (χ0) is 12.3. The van der Waals surface area contributed by atoms with Crippen LogP contribution in [0, 0.1) is 6.92 Å². The molecule has 0 unspecified atom stereocenters. The molecule has 2 aromatic rings. The number of hydrogen-bond acceptors (Lipinski definition) is 2. The molecule has 1 aromatic carbocycles. The minimum Gasteiger partial charge on any atom is -0.478 e. The van der Waals surface area contributed by atoms with Crippen LogP contribution in [0.15, 0.2) is 46.9 Å². The molecule has 0 fully saturated rings. The van der Waals surface area contributed by atoms with Gasteiger partial charge in [0.15, 0.2) is 0 Å². The van der Waals surface area contributed by atoms with Crippen LogP contribution in [0.3, 0.4) is 0 Å². The summed E-state index contributed by atoms with van der Waals surface area (Å²) >= 11 is 0. The molecule has 0 amide bonds. The summed E-state index contributed by atoms with van der Waals surface area (Å²) in [4.78, 5) is 11.2. The van der Waals surface area contributed by atoms with Crippen molar-refractivity contribution in [2.75, 3.05) is 0 Å². The fourth-order valence-corrected chi connectivity index (χ4v) is 1.56. The average molecular weight is 228 g/mol. The summed E-state index contributed by atoms with van der Waals surface area (Å²) in [5, 5.41) is 9.18. The third-order valence-electron chi connectivity index (χ3n) is 2.36. The van der Waals surface area contributed by atoms with E-state index in [4.69, 9.17) is 4.42 Å². The Morgan fingerprint density at radius 3 is 2.41 bits per heavy atom. The highest BCUT2D eigenvalue weighted by Crippen LogP contribution is 2.19. The third kappa shape index (κ3) is 2.64. The Bertz CT molecular complexity index is 550.